The summed E-state index contributed by atoms with van der Waals surface area (Å²) in [5.41, 5.74) is -0.510. The third kappa shape index (κ3) is 7.19. The fourth-order valence-electron chi connectivity index (χ4n) is 0.867. The van der Waals surface area contributed by atoms with Gasteiger partial charge in [0, 0.05) is 20.3 Å². The average Bonchev–Trinajstić information content (AvgIpc) is 2.35. The van der Waals surface area contributed by atoms with Gasteiger partial charge in [0.05, 0.1) is 0 Å². The average molecular weight is 256 g/mol. The van der Waals surface area contributed by atoms with Gasteiger partial charge in [0.15, 0.2) is 0 Å². The Balaban J connectivity index is 4.06. The number of amides is 3. The van der Waals surface area contributed by atoms with E-state index in [4.69, 9.17) is 10.00 Å². The number of nitrogens with zero attached hydrogens (tertiary/aromatic N) is 2. The zero-order valence-electron chi connectivity index (χ0n) is 10.4. The van der Waals surface area contributed by atoms with E-state index >= 15 is 0 Å². The number of ether oxygens (including phenoxy) is 1. The van der Waals surface area contributed by atoms with Gasteiger partial charge >= 0.3 is 6.03 Å². The lowest BCUT2D eigenvalue weighted by atomic mass is 10.4. The molecule has 0 saturated carbocycles. The minimum absolute atomic E-state index is 0.224. The van der Waals surface area contributed by atoms with Crippen molar-refractivity contribution in [3.63, 3.8) is 0 Å². The van der Waals surface area contributed by atoms with Crippen LogP contribution in [-0.4, -0.2) is 44.5 Å². The Labute approximate surface area is 105 Å². The van der Waals surface area contributed by atoms with Crippen molar-refractivity contribution in [1.82, 2.24) is 10.6 Å². The number of hydrogen-bond acceptors (Lipinski definition) is 6. The SMILES string of the molecule is CCON=C(C#N)C(=O)NC(=O)NCCCOC. The molecule has 0 fully saturated rings. The van der Waals surface area contributed by atoms with E-state index < -0.39 is 17.6 Å². The van der Waals surface area contributed by atoms with Gasteiger partial charge in [0.25, 0.3) is 5.91 Å². The summed E-state index contributed by atoms with van der Waals surface area (Å²) in [5.74, 6) is -0.907. The lowest BCUT2D eigenvalue weighted by Gasteiger charge is -2.05. The van der Waals surface area contributed by atoms with E-state index in [0.29, 0.717) is 19.6 Å². The first-order valence-electron chi connectivity index (χ1n) is 5.33. The summed E-state index contributed by atoms with van der Waals surface area (Å²) in [6, 6.07) is 0.833. The maximum absolute atomic E-state index is 11.3. The number of rotatable bonds is 7. The highest BCUT2D eigenvalue weighted by Gasteiger charge is 2.14. The third-order valence-corrected chi connectivity index (χ3v) is 1.64. The lowest BCUT2D eigenvalue weighted by molar-refractivity contribution is -0.113. The quantitative estimate of drug-likeness (QED) is 0.371. The Kier molecular flexibility index (Phi) is 8.85. The van der Waals surface area contributed by atoms with E-state index in [-0.39, 0.29) is 6.61 Å². The van der Waals surface area contributed by atoms with Gasteiger partial charge in [-0.1, -0.05) is 5.16 Å². The zero-order valence-corrected chi connectivity index (χ0v) is 10.4. The van der Waals surface area contributed by atoms with Crippen LogP contribution in [-0.2, 0) is 14.4 Å². The molecule has 0 aromatic rings. The van der Waals surface area contributed by atoms with Gasteiger partial charge in [-0.15, -0.1) is 0 Å². The molecule has 0 bridgehead atoms. The van der Waals surface area contributed by atoms with Crippen molar-refractivity contribution in [2.24, 2.45) is 5.16 Å². The van der Waals surface area contributed by atoms with Gasteiger partial charge in [-0.2, -0.15) is 5.26 Å². The van der Waals surface area contributed by atoms with Crippen molar-refractivity contribution in [2.45, 2.75) is 13.3 Å². The molecule has 3 amide bonds. The Morgan fingerprint density at radius 1 is 1.44 bits per heavy atom. The van der Waals surface area contributed by atoms with E-state index in [9.17, 15) is 9.59 Å². The molecular weight excluding hydrogens is 240 g/mol. The molecule has 0 aliphatic rings. The monoisotopic (exact) mass is 256 g/mol. The molecule has 0 aliphatic carbocycles. The summed E-state index contributed by atoms with van der Waals surface area (Å²) < 4.78 is 4.79. The molecule has 8 nitrogen and oxygen atoms in total. The molecule has 8 heteroatoms. The second-order valence-electron chi connectivity index (χ2n) is 3.03. The van der Waals surface area contributed by atoms with Crippen LogP contribution >= 0.6 is 0 Å². The first-order valence-corrected chi connectivity index (χ1v) is 5.33. The van der Waals surface area contributed by atoms with Crippen molar-refractivity contribution in [1.29, 1.82) is 5.26 Å². The molecule has 0 aromatic heterocycles. The van der Waals surface area contributed by atoms with Crippen LogP contribution in [0.4, 0.5) is 4.79 Å². The summed E-state index contributed by atoms with van der Waals surface area (Å²) in [6.07, 6.45) is 0.621. The lowest BCUT2D eigenvalue weighted by Crippen LogP contribution is -2.42. The predicted octanol–water partition coefficient (Wildman–Crippen LogP) is -0.235. The van der Waals surface area contributed by atoms with Gasteiger partial charge in [0.1, 0.15) is 12.7 Å². The number of oxime groups is 1. The van der Waals surface area contributed by atoms with Crippen LogP contribution < -0.4 is 10.6 Å². The molecular formula is C10H16N4O4. The fourth-order valence-corrected chi connectivity index (χ4v) is 0.867. The van der Waals surface area contributed by atoms with E-state index in [1.165, 1.54) is 6.07 Å². The van der Waals surface area contributed by atoms with E-state index in [2.05, 4.69) is 15.3 Å². The molecule has 100 valence electrons. The van der Waals surface area contributed by atoms with Crippen molar-refractivity contribution >= 4 is 17.6 Å². The Morgan fingerprint density at radius 2 is 2.17 bits per heavy atom. The largest absolute Gasteiger partial charge is 0.395 e. The molecule has 0 aliphatic heterocycles. The molecule has 0 rings (SSSR count). The molecule has 18 heavy (non-hydrogen) atoms. The minimum atomic E-state index is -0.907. The van der Waals surface area contributed by atoms with Crippen molar-refractivity contribution in [3.05, 3.63) is 0 Å². The molecule has 2 N–H and O–H groups in total. The molecule has 0 radical (unpaired) electrons. The zero-order chi connectivity index (χ0) is 13.8. The van der Waals surface area contributed by atoms with Crippen molar-refractivity contribution in [3.8, 4) is 6.07 Å². The number of nitrogens with one attached hydrogen (secondary N) is 2. The summed E-state index contributed by atoms with van der Waals surface area (Å²) in [7, 11) is 1.55. The Bertz CT molecular complexity index is 348. The van der Waals surface area contributed by atoms with Crippen LogP contribution in [0.3, 0.4) is 0 Å². The van der Waals surface area contributed by atoms with Crippen LogP contribution in [0.15, 0.2) is 5.16 Å². The molecule has 0 unspecified atom stereocenters. The summed E-state index contributed by atoms with van der Waals surface area (Å²) >= 11 is 0. The van der Waals surface area contributed by atoms with E-state index in [1.807, 2.05) is 5.32 Å². The molecule has 0 aromatic carbocycles. The van der Waals surface area contributed by atoms with Crippen molar-refractivity contribution in [2.75, 3.05) is 26.9 Å². The predicted molar refractivity (Wildman–Crippen MR) is 62.7 cm³/mol. The number of nitriles is 1. The van der Waals surface area contributed by atoms with Gasteiger partial charge in [-0.3, -0.25) is 10.1 Å². The molecule has 0 saturated heterocycles. The summed E-state index contributed by atoms with van der Waals surface area (Å²) in [5, 5.41) is 16.3. The topological polar surface area (TPSA) is 113 Å². The van der Waals surface area contributed by atoms with Gasteiger partial charge in [-0.05, 0) is 13.3 Å². The van der Waals surface area contributed by atoms with Crippen LogP contribution in [0, 0.1) is 11.3 Å². The number of carbonyl (C=O) groups is 2. The molecule has 0 atom stereocenters. The number of hydrogen-bond donors (Lipinski definition) is 2. The maximum atomic E-state index is 11.3. The molecule has 0 spiro atoms. The Hall–Kier alpha value is -2.14. The number of imide groups is 1. The van der Waals surface area contributed by atoms with Crippen molar-refractivity contribution < 1.29 is 19.2 Å². The summed E-state index contributed by atoms with van der Waals surface area (Å²) in [4.78, 5) is 27.1. The van der Waals surface area contributed by atoms with E-state index in [0.717, 1.165) is 0 Å². The fraction of sp³-hybridized carbons (Fsp3) is 0.600. The van der Waals surface area contributed by atoms with Gasteiger partial charge in [-0.25, -0.2) is 4.79 Å². The van der Waals surface area contributed by atoms with Gasteiger partial charge < -0.3 is 14.9 Å². The van der Waals surface area contributed by atoms with Crippen LogP contribution in [0.25, 0.3) is 0 Å². The number of urea groups is 1. The summed E-state index contributed by atoms with van der Waals surface area (Å²) in [6.45, 7) is 2.74. The van der Waals surface area contributed by atoms with Crippen LogP contribution in [0.1, 0.15) is 13.3 Å². The minimum Gasteiger partial charge on any atom is -0.395 e. The molecule has 0 heterocycles. The Morgan fingerprint density at radius 3 is 2.72 bits per heavy atom. The van der Waals surface area contributed by atoms with Crippen LogP contribution in [0.5, 0.6) is 0 Å². The smallest absolute Gasteiger partial charge is 0.321 e. The number of carbonyl (C=O) groups excluding carboxylic acids is 2. The van der Waals surface area contributed by atoms with E-state index in [1.54, 1.807) is 14.0 Å². The first-order chi connectivity index (χ1) is 8.65. The first kappa shape index (κ1) is 15.9. The highest BCUT2D eigenvalue weighted by atomic mass is 16.6. The maximum Gasteiger partial charge on any atom is 0.321 e. The van der Waals surface area contributed by atoms with Gasteiger partial charge in [0.2, 0.25) is 5.71 Å². The normalized spacial score (nSPS) is 10.4. The highest BCUT2D eigenvalue weighted by Crippen LogP contribution is 1.83. The second-order valence-corrected chi connectivity index (χ2v) is 3.03. The third-order valence-electron chi connectivity index (χ3n) is 1.64. The second kappa shape index (κ2) is 10.0. The number of methoxy groups -OCH3 is 1. The standard InChI is InChI=1S/C10H16N4O4/c1-3-18-14-8(7-11)9(15)13-10(16)12-5-4-6-17-2/h3-6H2,1-2H3,(H2,12,13,15,16). The highest BCUT2D eigenvalue weighted by molar-refractivity contribution is 6.46. The van der Waals surface area contributed by atoms with Crippen LogP contribution in [0.2, 0.25) is 0 Å².